The Balaban J connectivity index is 1.22. The van der Waals surface area contributed by atoms with Crippen LogP contribution in [0.3, 0.4) is 0 Å². The minimum Gasteiger partial charge on any atom is -0.458 e. The number of pyridine rings is 1. The molecule has 0 unspecified atom stereocenters. The summed E-state index contributed by atoms with van der Waals surface area (Å²) >= 11 is 0. The standard InChI is InChI=1S/C70H54N4OSi/c1-70(2,3)53-42-43-71-68(46-53)74-63-37-20-19-36-60(63)61-41-40-56(48-66(61)74)75-55-29-23-28-54(47-55)72-49-73(65-39-22-21-38-64(65)72)69-62(51-26-11-5-12-27-51)44-52(50-24-9-4-10-25-50)45-67(69)76(57-30-13-6-14-31-57,58-32-15-7-16-33-58)59-34-17-8-18-35-59/h4-48H,1-3H3/i4D,5D,6D,7D,8D,9D,10D,11D,12D,13D,14D,15D,16D,17D,18D,24D,25D,26D,27D,30D,31D,32D,33D,34D,35D. The molecule has 0 bridgehead atoms. The van der Waals surface area contributed by atoms with Crippen LogP contribution < -0.4 is 30.1 Å². The third kappa shape index (κ3) is 8.11. The second kappa shape index (κ2) is 19.2. The van der Waals surface area contributed by atoms with Crippen molar-refractivity contribution in [3.05, 3.63) is 284 Å². The van der Waals surface area contributed by atoms with Crippen molar-refractivity contribution in [3.63, 3.8) is 0 Å². The van der Waals surface area contributed by atoms with Crippen LogP contribution in [0, 0.1) is 6.33 Å². The van der Waals surface area contributed by atoms with Crippen LogP contribution in [0.25, 0.3) is 72.3 Å². The highest BCUT2D eigenvalue weighted by Gasteiger charge is 2.44. The molecule has 5 nitrogen and oxygen atoms in total. The van der Waals surface area contributed by atoms with Crippen molar-refractivity contribution in [2.24, 2.45) is 0 Å². The van der Waals surface area contributed by atoms with E-state index in [0.717, 1.165) is 39.5 Å². The van der Waals surface area contributed by atoms with Crippen LogP contribution in [0.4, 0.5) is 0 Å². The number of imidazole rings is 1. The van der Waals surface area contributed by atoms with Gasteiger partial charge in [-0.1, -0.05) is 226 Å². The van der Waals surface area contributed by atoms with Crippen molar-refractivity contribution in [1.82, 2.24) is 14.1 Å². The minimum absolute atomic E-state index is 0.0535. The van der Waals surface area contributed by atoms with Gasteiger partial charge in [-0.3, -0.25) is 13.7 Å². The van der Waals surface area contributed by atoms with Gasteiger partial charge in [-0.25, -0.2) is 4.98 Å². The zero-order chi connectivity index (χ0) is 73.0. The summed E-state index contributed by atoms with van der Waals surface area (Å²) in [6.45, 7) is 6.34. The van der Waals surface area contributed by atoms with Crippen molar-refractivity contribution in [3.8, 4) is 50.9 Å². The molecule has 0 spiro atoms. The summed E-state index contributed by atoms with van der Waals surface area (Å²) in [7, 11) is -6.48. The summed E-state index contributed by atoms with van der Waals surface area (Å²) < 4.78 is 247. The van der Waals surface area contributed by atoms with Gasteiger partial charge in [-0.2, -0.15) is 0 Å². The van der Waals surface area contributed by atoms with E-state index in [0.29, 0.717) is 11.6 Å². The summed E-state index contributed by atoms with van der Waals surface area (Å²) in [6.07, 6.45) is 5.09. The number of nitrogens with zero attached hydrogens (tertiary/aromatic N) is 4. The quantitative estimate of drug-likeness (QED) is 0.0560. The molecule has 76 heavy (non-hydrogen) atoms. The number of fused-ring (bicyclic) bond motifs is 4. The fraction of sp³-hybridized carbons (Fsp3) is 0.0571. The number of benzene rings is 10. The average molecular weight is 1020 g/mol. The molecule has 0 saturated carbocycles. The lowest BCUT2D eigenvalue weighted by Crippen LogP contribution is -2.76. The van der Waals surface area contributed by atoms with Gasteiger partial charge in [0.05, 0.1) is 67.7 Å². The van der Waals surface area contributed by atoms with Gasteiger partial charge in [0.1, 0.15) is 17.3 Å². The highest BCUT2D eigenvalue weighted by molar-refractivity contribution is 7.20. The molecule has 13 aromatic rings. The Morgan fingerprint density at radius 3 is 1.75 bits per heavy atom. The second-order valence-electron chi connectivity index (χ2n) is 18.7. The van der Waals surface area contributed by atoms with Gasteiger partial charge >= 0.3 is 0 Å². The number of hydrogen-bond donors (Lipinski definition) is 0. The molecule has 10 aromatic carbocycles. The lowest BCUT2D eigenvalue weighted by molar-refractivity contribution is -0.570. The molecule has 0 aliphatic carbocycles. The SMILES string of the molecule is [2H]c1c([2H])c([2H])c(-c2cc(-c3c([2H])c([2H])c([2H])c([2H])c3[2H])c(-[n+]3[c-]n(-c4cccc(Oc5ccc6c7ccccc7n(-c7cc(C(C)(C)C)ccn7)c6c5)c4)c4ccccc43)c([Si](c3c([2H])c([2H])c([2H])c([2H])c3[2H])(c3c([2H])c([2H])c([2H])c([2H])c3[2H])c3c([2H])c([2H])c([2H])c([2H])c3[2H])c2)c([2H])c1[2H]. The van der Waals surface area contributed by atoms with Gasteiger partial charge in [-0.15, -0.1) is 0 Å². The molecule has 0 aliphatic heterocycles. The zero-order valence-corrected chi connectivity index (χ0v) is 41.7. The van der Waals surface area contributed by atoms with Crippen molar-refractivity contribution >= 4 is 61.7 Å². The summed E-state index contributed by atoms with van der Waals surface area (Å²) in [5.74, 6) is 1.32. The smallest absolute Gasteiger partial charge is 0.269 e. The maximum absolute atomic E-state index is 10.1. The zero-order valence-electron chi connectivity index (χ0n) is 65.7. The summed E-state index contributed by atoms with van der Waals surface area (Å²) in [5.41, 5.74) is -0.0506. The predicted octanol–water partition coefficient (Wildman–Crippen LogP) is 14.0. The molecule has 13 rings (SSSR count). The van der Waals surface area contributed by atoms with E-state index in [2.05, 4.69) is 31.7 Å². The minimum atomic E-state index is -6.48. The van der Waals surface area contributed by atoms with E-state index in [1.54, 1.807) is 48.7 Å². The van der Waals surface area contributed by atoms with Crippen LogP contribution in [0.2, 0.25) is 0 Å². The van der Waals surface area contributed by atoms with Crippen LogP contribution in [0.15, 0.2) is 273 Å². The fourth-order valence-corrected chi connectivity index (χ4v) is 13.9. The normalized spacial score (nSPS) is 16.5. The molecule has 0 N–H and O–H groups in total. The first-order valence-electron chi connectivity index (χ1n) is 36.5. The summed E-state index contributed by atoms with van der Waals surface area (Å²) in [5, 5.41) is -1.87. The van der Waals surface area contributed by atoms with E-state index in [1.807, 2.05) is 54.6 Å². The fourth-order valence-electron chi connectivity index (χ4n) is 9.87. The van der Waals surface area contributed by atoms with Gasteiger partial charge < -0.3 is 4.74 Å². The lowest BCUT2D eigenvalue weighted by atomic mass is 9.88. The molecule has 364 valence electrons. The Kier molecular flexibility index (Phi) is 6.74. The molecule has 0 amide bonds. The van der Waals surface area contributed by atoms with Crippen LogP contribution in [-0.2, 0) is 5.41 Å². The Morgan fingerprint density at radius 1 is 0.513 bits per heavy atom. The maximum atomic E-state index is 10.1. The van der Waals surface area contributed by atoms with Crippen molar-refractivity contribution < 1.29 is 43.6 Å². The average Bonchev–Trinajstić information content (AvgIpc) is 0.781. The monoisotopic (exact) mass is 1020 g/mol. The molecule has 0 atom stereocenters. The van der Waals surface area contributed by atoms with Crippen molar-refractivity contribution in [2.75, 3.05) is 0 Å². The molecule has 0 radical (unpaired) electrons. The van der Waals surface area contributed by atoms with E-state index >= 15 is 0 Å². The van der Waals surface area contributed by atoms with Crippen molar-refractivity contribution in [2.45, 2.75) is 26.2 Å². The predicted molar refractivity (Wildman–Crippen MR) is 315 cm³/mol. The molecule has 0 fully saturated rings. The Labute approximate surface area is 480 Å². The Bertz CT molecular complexity index is 5480. The molecule has 3 aromatic heterocycles. The van der Waals surface area contributed by atoms with E-state index in [1.165, 1.54) is 15.2 Å². The Morgan fingerprint density at radius 2 is 1.09 bits per heavy atom. The molecule has 0 aliphatic rings. The molecule has 3 heterocycles. The lowest BCUT2D eigenvalue weighted by Gasteiger charge is -2.37. The number of ether oxygens (including phenoxy) is 1. The molecular formula is C70H54N4OSi. The Hall–Kier alpha value is -9.36. The van der Waals surface area contributed by atoms with E-state index in [4.69, 9.17) is 19.3 Å². The number of rotatable bonds is 11. The van der Waals surface area contributed by atoms with E-state index in [-0.39, 0.29) is 27.9 Å². The van der Waals surface area contributed by atoms with Crippen molar-refractivity contribution in [1.29, 1.82) is 0 Å². The number of aromatic nitrogens is 4. The summed E-state index contributed by atoms with van der Waals surface area (Å²) in [6, 6.07) is 6.36. The second-order valence-corrected chi connectivity index (χ2v) is 22.3. The maximum Gasteiger partial charge on any atom is 0.269 e. The third-order valence-corrected chi connectivity index (χ3v) is 17.5. The summed E-state index contributed by atoms with van der Waals surface area (Å²) in [4.78, 5) is 4.82. The van der Waals surface area contributed by atoms with Gasteiger partial charge in [-0.05, 0) is 109 Å². The van der Waals surface area contributed by atoms with E-state index in [9.17, 15) is 24.7 Å². The first-order chi connectivity index (χ1) is 47.7. The van der Waals surface area contributed by atoms with E-state index < -0.39 is 208 Å². The molecule has 6 heteroatoms. The van der Waals surface area contributed by atoms with Crippen LogP contribution in [-0.4, -0.2) is 22.2 Å². The first-order valence-corrected chi connectivity index (χ1v) is 26.0. The third-order valence-electron chi connectivity index (χ3n) is 13.3. The number of hydrogen-bond acceptors (Lipinski definition) is 2. The first kappa shape index (κ1) is 26.7. The highest BCUT2D eigenvalue weighted by atomic mass is 28.3. The molecule has 0 saturated heterocycles. The van der Waals surface area contributed by atoms with Gasteiger partial charge in [0.25, 0.3) is 6.33 Å². The largest absolute Gasteiger partial charge is 0.458 e. The van der Waals surface area contributed by atoms with Crippen LogP contribution in [0.5, 0.6) is 11.5 Å². The number of para-hydroxylation sites is 3. The van der Waals surface area contributed by atoms with Gasteiger partial charge in [0, 0.05) is 23.0 Å². The highest BCUT2D eigenvalue weighted by Crippen LogP contribution is 2.37. The molecular weight excluding hydrogens is 941 g/mol. The van der Waals surface area contributed by atoms with Gasteiger partial charge in [0.15, 0.2) is 8.07 Å². The van der Waals surface area contributed by atoms with Crippen LogP contribution >= 0.6 is 0 Å². The van der Waals surface area contributed by atoms with Crippen LogP contribution in [0.1, 0.15) is 60.6 Å². The van der Waals surface area contributed by atoms with Gasteiger partial charge in [0.2, 0.25) is 0 Å². The topological polar surface area (TPSA) is 35.9 Å².